The highest BCUT2D eigenvalue weighted by Gasteiger charge is 2.18. The second-order valence-electron chi connectivity index (χ2n) is 6.43. The van der Waals surface area contributed by atoms with Crippen LogP contribution in [0.5, 0.6) is 5.75 Å². The van der Waals surface area contributed by atoms with Gasteiger partial charge in [0.1, 0.15) is 5.75 Å². The maximum absolute atomic E-state index is 13.2. The summed E-state index contributed by atoms with van der Waals surface area (Å²) in [6.45, 7) is 9.50. The molecular formula is C22H24ClNO4. The predicted octanol–water partition coefficient (Wildman–Crippen LogP) is 4.51. The first-order chi connectivity index (χ1) is 13.3. The number of benzene rings is 1. The molecular weight excluding hydrogens is 378 g/mol. The van der Waals surface area contributed by atoms with Crippen molar-refractivity contribution < 1.29 is 14.6 Å². The summed E-state index contributed by atoms with van der Waals surface area (Å²) in [5.74, 6) is -0.593. The molecule has 1 aromatic heterocycles. The lowest BCUT2D eigenvalue weighted by molar-refractivity contribution is -0.139. The third-order valence-corrected chi connectivity index (χ3v) is 4.69. The van der Waals surface area contributed by atoms with Crippen LogP contribution in [0, 0.1) is 13.8 Å². The molecule has 1 N–H and O–H groups in total. The SMILES string of the molecule is C=CC(=CC=CCl)Cc1c(C)c2c(OCC(=O)O)cc(C)cc2n(CC)c1=O. The van der Waals surface area contributed by atoms with E-state index in [0.717, 1.165) is 27.6 Å². The Kier molecular flexibility index (Phi) is 7.24. The van der Waals surface area contributed by atoms with Gasteiger partial charge in [0.2, 0.25) is 0 Å². The molecule has 0 atom stereocenters. The van der Waals surface area contributed by atoms with Crippen molar-refractivity contribution in [3.63, 3.8) is 0 Å². The van der Waals surface area contributed by atoms with Crippen LogP contribution in [0.4, 0.5) is 0 Å². The summed E-state index contributed by atoms with van der Waals surface area (Å²) in [7, 11) is 0. The fourth-order valence-electron chi connectivity index (χ4n) is 3.25. The number of hydrogen-bond acceptors (Lipinski definition) is 3. The topological polar surface area (TPSA) is 68.5 Å². The third kappa shape index (κ3) is 4.54. The molecule has 5 nitrogen and oxygen atoms in total. The van der Waals surface area contributed by atoms with E-state index in [1.807, 2.05) is 26.8 Å². The number of carboxylic acid groups (broad SMARTS) is 1. The maximum Gasteiger partial charge on any atom is 0.341 e. The maximum atomic E-state index is 13.2. The molecule has 0 aliphatic heterocycles. The molecule has 0 amide bonds. The lowest BCUT2D eigenvalue weighted by Crippen LogP contribution is -2.25. The number of hydrogen-bond donors (Lipinski definition) is 1. The highest BCUT2D eigenvalue weighted by Crippen LogP contribution is 2.32. The van der Waals surface area contributed by atoms with Crippen molar-refractivity contribution in [2.45, 2.75) is 33.7 Å². The van der Waals surface area contributed by atoms with E-state index >= 15 is 0 Å². The first-order valence-electron chi connectivity index (χ1n) is 8.93. The van der Waals surface area contributed by atoms with Crippen LogP contribution in [0.2, 0.25) is 0 Å². The van der Waals surface area contributed by atoms with E-state index < -0.39 is 12.6 Å². The first kappa shape index (κ1) is 21.5. The van der Waals surface area contributed by atoms with Crippen LogP contribution < -0.4 is 10.3 Å². The molecule has 0 spiro atoms. The molecule has 0 radical (unpaired) electrons. The van der Waals surface area contributed by atoms with Crippen molar-refractivity contribution in [3.8, 4) is 5.75 Å². The van der Waals surface area contributed by atoms with Crippen LogP contribution in [0.15, 0.2) is 52.8 Å². The zero-order chi connectivity index (χ0) is 20.8. The average Bonchev–Trinajstić information content (AvgIpc) is 2.65. The van der Waals surface area contributed by atoms with Crippen LogP contribution >= 0.6 is 11.6 Å². The molecule has 0 fully saturated rings. The molecule has 2 aromatic rings. The van der Waals surface area contributed by atoms with Crippen LogP contribution in [0.1, 0.15) is 23.6 Å². The van der Waals surface area contributed by atoms with Crippen LogP contribution in [-0.4, -0.2) is 22.2 Å². The van der Waals surface area contributed by atoms with E-state index in [4.69, 9.17) is 21.4 Å². The Morgan fingerprint density at radius 3 is 2.64 bits per heavy atom. The van der Waals surface area contributed by atoms with Gasteiger partial charge in [0.15, 0.2) is 6.61 Å². The Bertz CT molecular complexity index is 1030. The average molecular weight is 402 g/mol. The molecule has 0 bridgehead atoms. The highest BCUT2D eigenvalue weighted by molar-refractivity contribution is 6.25. The molecule has 1 heterocycles. The highest BCUT2D eigenvalue weighted by atomic mass is 35.5. The minimum Gasteiger partial charge on any atom is -0.481 e. The summed E-state index contributed by atoms with van der Waals surface area (Å²) >= 11 is 5.60. The van der Waals surface area contributed by atoms with E-state index in [0.29, 0.717) is 24.3 Å². The van der Waals surface area contributed by atoms with E-state index in [1.165, 1.54) is 5.54 Å². The number of carboxylic acids is 1. The lowest BCUT2D eigenvalue weighted by Gasteiger charge is -2.18. The van der Waals surface area contributed by atoms with Crippen molar-refractivity contribution >= 4 is 28.5 Å². The number of pyridine rings is 1. The van der Waals surface area contributed by atoms with Crippen molar-refractivity contribution in [3.05, 3.63) is 75.1 Å². The Balaban J connectivity index is 2.80. The number of allylic oxidation sites excluding steroid dienone is 4. The Morgan fingerprint density at radius 2 is 2.07 bits per heavy atom. The van der Waals surface area contributed by atoms with E-state index in [1.54, 1.807) is 28.9 Å². The quantitative estimate of drug-likeness (QED) is 0.661. The minimum atomic E-state index is -1.05. The summed E-state index contributed by atoms with van der Waals surface area (Å²) in [4.78, 5) is 24.2. The Hall–Kier alpha value is -2.79. The number of halogens is 1. The number of fused-ring (bicyclic) bond motifs is 1. The number of rotatable bonds is 8. The summed E-state index contributed by atoms with van der Waals surface area (Å²) in [5, 5.41) is 9.75. The molecule has 0 saturated carbocycles. The second kappa shape index (κ2) is 9.42. The zero-order valence-electron chi connectivity index (χ0n) is 16.3. The number of aromatic nitrogens is 1. The summed E-state index contributed by atoms with van der Waals surface area (Å²) in [6, 6.07) is 3.72. The molecule has 0 saturated heterocycles. The van der Waals surface area contributed by atoms with Gasteiger partial charge >= 0.3 is 5.97 Å². The van der Waals surface area contributed by atoms with Gasteiger partial charge in [-0.15, -0.1) is 0 Å². The van der Waals surface area contributed by atoms with Crippen LogP contribution in [0.3, 0.4) is 0 Å². The largest absolute Gasteiger partial charge is 0.481 e. The van der Waals surface area contributed by atoms with Crippen molar-refractivity contribution in [1.82, 2.24) is 4.57 Å². The van der Waals surface area contributed by atoms with Crippen molar-refractivity contribution in [2.75, 3.05) is 6.61 Å². The second-order valence-corrected chi connectivity index (χ2v) is 6.69. The van der Waals surface area contributed by atoms with Gasteiger partial charge in [-0.25, -0.2) is 4.79 Å². The van der Waals surface area contributed by atoms with Gasteiger partial charge in [0.05, 0.1) is 5.52 Å². The number of carbonyl (C=O) groups is 1. The number of ether oxygens (including phenoxy) is 1. The molecule has 28 heavy (non-hydrogen) atoms. The predicted molar refractivity (Wildman–Crippen MR) is 113 cm³/mol. The van der Waals surface area contributed by atoms with Gasteiger partial charge in [0, 0.05) is 29.5 Å². The summed E-state index contributed by atoms with van der Waals surface area (Å²) < 4.78 is 7.25. The smallest absolute Gasteiger partial charge is 0.341 e. The molecule has 2 rings (SSSR count). The Morgan fingerprint density at radius 1 is 1.36 bits per heavy atom. The van der Waals surface area contributed by atoms with Crippen molar-refractivity contribution in [2.24, 2.45) is 0 Å². The van der Waals surface area contributed by atoms with Crippen LogP contribution in [-0.2, 0) is 17.8 Å². The van der Waals surface area contributed by atoms with E-state index in [9.17, 15) is 9.59 Å². The van der Waals surface area contributed by atoms with Gasteiger partial charge in [-0.05, 0) is 49.6 Å². The first-order valence-corrected chi connectivity index (χ1v) is 9.37. The number of nitrogens with zero attached hydrogens (tertiary/aromatic N) is 1. The van der Waals surface area contributed by atoms with Gasteiger partial charge in [-0.2, -0.15) is 0 Å². The van der Waals surface area contributed by atoms with E-state index in [2.05, 4.69) is 6.58 Å². The minimum absolute atomic E-state index is 0.0788. The summed E-state index contributed by atoms with van der Waals surface area (Å²) in [5.41, 5.74) is 5.17. The zero-order valence-corrected chi connectivity index (χ0v) is 17.0. The molecule has 6 heteroatoms. The van der Waals surface area contributed by atoms with Crippen LogP contribution in [0.25, 0.3) is 10.9 Å². The molecule has 0 aliphatic carbocycles. The molecule has 0 aliphatic rings. The van der Waals surface area contributed by atoms with E-state index in [-0.39, 0.29) is 5.56 Å². The number of aryl methyl sites for hydroxylation is 3. The Labute approximate surface area is 169 Å². The van der Waals surface area contributed by atoms with Gasteiger partial charge in [-0.3, -0.25) is 4.79 Å². The molecule has 148 valence electrons. The standard InChI is InChI=1S/C22H24ClNO4/c1-5-16(8-7-9-23)12-17-15(4)21-18(24(6-2)22(17)27)10-14(3)11-19(21)28-13-20(25)26/h5,7-11H,1,6,12-13H2,2-4H3,(H,25,26). The van der Waals surface area contributed by atoms with Gasteiger partial charge in [0.25, 0.3) is 5.56 Å². The molecule has 1 aromatic carbocycles. The fourth-order valence-corrected chi connectivity index (χ4v) is 3.32. The fraction of sp³-hybridized carbons (Fsp3) is 0.273. The normalized spacial score (nSPS) is 11.9. The van der Waals surface area contributed by atoms with Gasteiger partial charge in [-0.1, -0.05) is 36.4 Å². The summed E-state index contributed by atoms with van der Waals surface area (Å²) in [6.07, 6.45) is 5.55. The molecule has 0 unspecified atom stereocenters. The van der Waals surface area contributed by atoms with Crippen molar-refractivity contribution in [1.29, 1.82) is 0 Å². The van der Waals surface area contributed by atoms with Gasteiger partial charge < -0.3 is 14.4 Å². The third-order valence-electron chi connectivity index (χ3n) is 4.54. The monoisotopic (exact) mass is 401 g/mol. The number of aliphatic carboxylic acids is 1. The lowest BCUT2D eigenvalue weighted by atomic mass is 9.96.